The van der Waals surface area contributed by atoms with Gasteiger partial charge in [0.1, 0.15) is 5.82 Å². The van der Waals surface area contributed by atoms with E-state index in [2.05, 4.69) is 15.5 Å². The number of nitrogens with one attached hydrogen (secondary N) is 3. The molecule has 5 rings (SSSR count). The third-order valence-electron chi connectivity index (χ3n) is 6.63. The number of Topliss-reactive ketones (excluding diaryl/α,β-unsaturated/α-hetero) is 1. The van der Waals surface area contributed by atoms with Gasteiger partial charge in [0.05, 0.1) is 25.3 Å². The number of allylic oxidation sites excluding steroid dienone is 2. The molecule has 1 aliphatic carbocycles. The Hall–Kier alpha value is -3.95. The smallest absolute Gasteiger partial charge is 0.416 e. The number of hydrogen-bond donors (Lipinski definition) is 3. The minimum Gasteiger partial charge on any atom is -0.493 e. The van der Waals surface area contributed by atoms with Gasteiger partial charge in [-0.3, -0.25) is 19.8 Å². The Morgan fingerprint density at radius 2 is 1.57 bits per heavy atom. The average Bonchev–Trinajstić information content (AvgIpc) is 3.21. The van der Waals surface area contributed by atoms with Crippen molar-refractivity contribution in [3.63, 3.8) is 0 Å². The first-order chi connectivity index (χ1) is 16.7. The van der Waals surface area contributed by atoms with E-state index in [1.165, 1.54) is 19.2 Å². The van der Waals surface area contributed by atoms with Crippen LogP contribution in [0.3, 0.4) is 0 Å². The molecule has 0 fully saturated rings. The molecular formula is C25H22F3N3O4. The molecule has 35 heavy (non-hydrogen) atoms. The predicted octanol–water partition coefficient (Wildman–Crippen LogP) is 4.70. The fraction of sp³-hybridized carbons (Fsp3) is 0.280. The zero-order valence-corrected chi connectivity index (χ0v) is 18.9. The van der Waals surface area contributed by atoms with Crippen molar-refractivity contribution in [3.8, 4) is 11.5 Å². The van der Waals surface area contributed by atoms with E-state index in [1.54, 1.807) is 13.2 Å². The molecule has 2 atom stereocenters. The van der Waals surface area contributed by atoms with Gasteiger partial charge in [-0.25, -0.2) is 0 Å². The Bertz CT molecular complexity index is 1390. The Labute approximate surface area is 197 Å². The molecule has 2 unspecified atom stereocenters. The summed E-state index contributed by atoms with van der Waals surface area (Å²) >= 11 is 0. The minimum atomic E-state index is -4.49. The molecule has 1 aliphatic heterocycles. The van der Waals surface area contributed by atoms with Gasteiger partial charge in [0, 0.05) is 23.6 Å². The summed E-state index contributed by atoms with van der Waals surface area (Å²) in [5.74, 6) is 0.417. The van der Waals surface area contributed by atoms with E-state index in [4.69, 9.17) is 9.47 Å². The van der Waals surface area contributed by atoms with Gasteiger partial charge in [0.25, 0.3) is 5.56 Å². The first-order valence-electron chi connectivity index (χ1n) is 10.9. The zero-order chi connectivity index (χ0) is 24.9. The molecule has 2 aliphatic rings. The standard InChI is InChI=1S/C25H22F3N3O4/c1-34-18-8-5-13(11-19(18)35-2)14-9-16-21(17(32)10-14)20(22-23(29-16)30-31-24(22)33)12-3-6-15(7-4-12)25(26,27)28/h3-8,11,14,20H,9-10H2,1-2H3,(H3,29,30,31,33). The number of carbonyl (C=O) groups is 1. The predicted molar refractivity (Wildman–Crippen MR) is 122 cm³/mol. The number of rotatable bonds is 4. The van der Waals surface area contributed by atoms with Gasteiger partial charge in [-0.1, -0.05) is 18.2 Å². The highest BCUT2D eigenvalue weighted by atomic mass is 19.4. The van der Waals surface area contributed by atoms with Crippen LogP contribution in [0, 0.1) is 0 Å². The van der Waals surface area contributed by atoms with Crippen molar-refractivity contribution in [1.29, 1.82) is 0 Å². The number of carbonyl (C=O) groups excluding carboxylic acids is 1. The number of halogens is 3. The number of anilines is 1. The lowest BCUT2D eigenvalue weighted by Gasteiger charge is -2.34. The molecule has 2 aromatic carbocycles. The van der Waals surface area contributed by atoms with Crippen LogP contribution >= 0.6 is 0 Å². The lowest BCUT2D eigenvalue weighted by molar-refractivity contribution is -0.137. The van der Waals surface area contributed by atoms with E-state index in [9.17, 15) is 22.8 Å². The number of ether oxygens (including phenoxy) is 2. The lowest BCUT2D eigenvalue weighted by atomic mass is 9.72. The Balaban J connectivity index is 1.57. The van der Waals surface area contributed by atoms with Crippen LogP contribution in [0.5, 0.6) is 11.5 Å². The highest BCUT2D eigenvalue weighted by molar-refractivity contribution is 6.01. The normalized spacial score (nSPS) is 19.6. The highest BCUT2D eigenvalue weighted by Gasteiger charge is 2.41. The zero-order valence-electron chi connectivity index (χ0n) is 18.9. The maximum absolute atomic E-state index is 13.5. The quantitative estimate of drug-likeness (QED) is 0.498. The van der Waals surface area contributed by atoms with Crippen LogP contribution in [-0.4, -0.2) is 30.2 Å². The number of aromatic nitrogens is 2. The van der Waals surface area contributed by atoms with Crippen molar-refractivity contribution in [2.75, 3.05) is 19.5 Å². The van der Waals surface area contributed by atoms with E-state index >= 15 is 0 Å². The lowest BCUT2D eigenvalue weighted by Crippen LogP contribution is -2.31. The Kier molecular flexibility index (Phi) is 5.46. The summed E-state index contributed by atoms with van der Waals surface area (Å²) in [5, 5.41) is 8.48. The molecule has 0 amide bonds. The van der Waals surface area contributed by atoms with Crippen LogP contribution in [0.4, 0.5) is 19.0 Å². The molecule has 182 valence electrons. The van der Waals surface area contributed by atoms with Crippen molar-refractivity contribution < 1.29 is 27.4 Å². The number of aromatic amines is 2. The largest absolute Gasteiger partial charge is 0.493 e. The second kappa shape index (κ2) is 8.37. The number of methoxy groups -OCH3 is 2. The molecule has 10 heteroatoms. The summed E-state index contributed by atoms with van der Waals surface area (Å²) in [5.41, 5.74) is 1.42. The van der Waals surface area contributed by atoms with Crippen LogP contribution in [0.25, 0.3) is 0 Å². The molecule has 7 nitrogen and oxygen atoms in total. The first kappa shape index (κ1) is 22.8. The van der Waals surface area contributed by atoms with Gasteiger partial charge < -0.3 is 14.8 Å². The summed E-state index contributed by atoms with van der Waals surface area (Å²) in [6.45, 7) is 0. The molecule has 0 saturated carbocycles. The van der Waals surface area contributed by atoms with Gasteiger partial charge in [-0.2, -0.15) is 13.2 Å². The van der Waals surface area contributed by atoms with Gasteiger partial charge >= 0.3 is 6.18 Å². The fourth-order valence-electron chi connectivity index (χ4n) is 4.96. The molecular weight excluding hydrogens is 463 g/mol. The second-order valence-electron chi connectivity index (χ2n) is 8.58. The number of fused-ring (bicyclic) bond motifs is 1. The monoisotopic (exact) mass is 485 g/mol. The van der Waals surface area contributed by atoms with E-state index in [0.29, 0.717) is 40.6 Å². The van der Waals surface area contributed by atoms with Crippen LogP contribution in [0.15, 0.2) is 58.5 Å². The second-order valence-corrected chi connectivity index (χ2v) is 8.58. The molecule has 1 aromatic heterocycles. The molecule has 0 radical (unpaired) electrons. The van der Waals surface area contributed by atoms with Crippen LogP contribution in [0.2, 0.25) is 0 Å². The van der Waals surface area contributed by atoms with Gasteiger partial charge in [0.15, 0.2) is 17.3 Å². The van der Waals surface area contributed by atoms with E-state index in [-0.39, 0.29) is 23.7 Å². The van der Waals surface area contributed by atoms with Gasteiger partial charge in [-0.05, 0) is 47.7 Å². The number of hydrogen-bond acceptors (Lipinski definition) is 5. The number of H-pyrrole nitrogens is 2. The van der Waals surface area contributed by atoms with E-state index in [0.717, 1.165) is 17.7 Å². The summed E-state index contributed by atoms with van der Waals surface area (Å²) < 4.78 is 50.0. The van der Waals surface area contributed by atoms with E-state index < -0.39 is 23.2 Å². The molecule has 0 spiro atoms. The summed E-state index contributed by atoms with van der Waals surface area (Å²) in [6.07, 6.45) is -3.83. The Morgan fingerprint density at radius 1 is 0.886 bits per heavy atom. The van der Waals surface area contributed by atoms with Crippen LogP contribution in [0.1, 0.15) is 46.9 Å². The number of benzene rings is 2. The van der Waals surface area contributed by atoms with Crippen LogP contribution < -0.4 is 20.3 Å². The maximum Gasteiger partial charge on any atom is 0.416 e. The third-order valence-corrected chi connectivity index (χ3v) is 6.63. The Morgan fingerprint density at radius 3 is 2.23 bits per heavy atom. The topological polar surface area (TPSA) is 96.2 Å². The third kappa shape index (κ3) is 3.88. The molecule has 3 N–H and O–H groups in total. The van der Waals surface area contributed by atoms with Crippen molar-refractivity contribution in [1.82, 2.24) is 10.2 Å². The summed E-state index contributed by atoms with van der Waals surface area (Å²) in [6, 6.07) is 10.1. The first-order valence-corrected chi connectivity index (χ1v) is 10.9. The minimum absolute atomic E-state index is 0.158. The average molecular weight is 485 g/mol. The molecule has 0 bridgehead atoms. The number of alkyl halides is 3. The summed E-state index contributed by atoms with van der Waals surface area (Å²) in [4.78, 5) is 26.1. The molecule has 2 heterocycles. The van der Waals surface area contributed by atoms with Gasteiger partial charge in [-0.15, -0.1) is 0 Å². The number of ketones is 1. The highest BCUT2D eigenvalue weighted by Crippen LogP contribution is 2.47. The van der Waals surface area contributed by atoms with Crippen molar-refractivity contribution >= 4 is 11.6 Å². The van der Waals surface area contributed by atoms with Gasteiger partial charge in [0.2, 0.25) is 0 Å². The van der Waals surface area contributed by atoms with Crippen LogP contribution in [-0.2, 0) is 11.0 Å². The van der Waals surface area contributed by atoms with Crippen molar-refractivity contribution in [2.24, 2.45) is 0 Å². The fourth-order valence-corrected chi connectivity index (χ4v) is 4.96. The SMILES string of the molecule is COc1ccc(C2CC(=O)C3=C(C2)Nc2[nH][nH]c(=O)c2C3c2ccc(C(F)(F)F)cc2)cc1OC. The van der Waals surface area contributed by atoms with Crippen molar-refractivity contribution in [2.45, 2.75) is 30.9 Å². The maximum atomic E-state index is 13.5. The van der Waals surface area contributed by atoms with E-state index in [1.807, 2.05) is 12.1 Å². The molecule has 3 aromatic rings. The summed E-state index contributed by atoms with van der Waals surface area (Å²) in [7, 11) is 3.08. The molecule has 0 saturated heterocycles. The van der Waals surface area contributed by atoms with Crippen molar-refractivity contribution in [3.05, 3.63) is 86.3 Å².